The fourth-order valence-corrected chi connectivity index (χ4v) is 6.85. The van der Waals surface area contributed by atoms with Gasteiger partial charge in [0.2, 0.25) is 11.8 Å². The van der Waals surface area contributed by atoms with Gasteiger partial charge in [0.05, 0.1) is 39.4 Å². The molecule has 46 heavy (non-hydrogen) atoms. The number of halogens is 2. The lowest BCUT2D eigenvalue weighted by Crippen LogP contribution is -2.59. The monoisotopic (exact) mass is 647 g/mol. The topological polar surface area (TPSA) is 112 Å². The van der Waals surface area contributed by atoms with Crippen LogP contribution in [0.1, 0.15) is 48.5 Å². The van der Waals surface area contributed by atoms with Crippen molar-refractivity contribution in [2.24, 2.45) is 0 Å². The molecule has 0 unspecified atom stereocenters. The molecule has 0 bridgehead atoms. The van der Waals surface area contributed by atoms with E-state index in [0.29, 0.717) is 21.8 Å². The summed E-state index contributed by atoms with van der Waals surface area (Å²) < 4.78 is 41.9. The molecular weight excluding hydrogens is 611 g/mol. The number of carbonyl (C=O) groups is 2. The molecule has 0 radical (unpaired) electrons. The quantitative estimate of drug-likeness (QED) is 0.298. The lowest BCUT2D eigenvalue weighted by atomic mass is 10.0. The number of hydrogen-bond acceptors (Lipinski definition) is 7. The average Bonchev–Trinajstić information content (AvgIpc) is 3.15. The Morgan fingerprint density at radius 1 is 1.22 bits per heavy atom. The first-order chi connectivity index (χ1) is 23.1. The van der Waals surface area contributed by atoms with E-state index in [9.17, 15) is 14.7 Å². The van der Waals surface area contributed by atoms with Gasteiger partial charge in [0.1, 0.15) is 17.3 Å². The number of piperazine rings is 1. The third kappa shape index (κ3) is 4.81. The first kappa shape index (κ1) is 27.5. The number of phenols is 1. The summed E-state index contributed by atoms with van der Waals surface area (Å²) in [7, 11) is 0. The fraction of sp³-hybridized carbons (Fsp3) is 0.324. The zero-order valence-corrected chi connectivity index (χ0v) is 26.5. The number of aryl methyl sites for hydroxylation is 1. The molecule has 2 atom stereocenters. The molecule has 6 rings (SSSR count). The number of amides is 2. The Kier molecular flexibility index (Phi) is 6.91. The van der Waals surface area contributed by atoms with Gasteiger partial charge in [0.15, 0.2) is 5.65 Å². The number of rotatable bonds is 4. The summed E-state index contributed by atoms with van der Waals surface area (Å²) in [6.45, 7) is 8.02. The Bertz CT molecular complexity index is 2100. The van der Waals surface area contributed by atoms with Crippen LogP contribution in [-0.2, 0) is 9.59 Å². The predicted octanol–water partition coefficient (Wildman–Crippen LogP) is 5.34. The Morgan fingerprint density at radius 2 is 1.98 bits per heavy atom. The number of aromatic hydroxyl groups is 1. The highest BCUT2D eigenvalue weighted by Crippen LogP contribution is 2.45. The van der Waals surface area contributed by atoms with Crippen molar-refractivity contribution in [2.75, 3.05) is 29.9 Å². The maximum Gasteiger partial charge on any atom is 0.283 e. The van der Waals surface area contributed by atoms with E-state index < -0.39 is 47.8 Å². The van der Waals surface area contributed by atoms with Crippen LogP contribution in [0.2, 0.25) is 5.02 Å². The molecule has 1 saturated heterocycles. The number of anilines is 2. The van der Waals surface area contributed by atoms with E-state index >= 15 is 9.18 Å². The number of phenolic OH excluding ortho intramolecular Hbond substituents is 1. The SMILES string of the molecule is [2H]C([2H])([2H])N1C(=O)C[C@H]2CN(C(=O)C=C)C[C@@H](C)N2c2c1c(=O)n(-c1c(C)ccnc1C(C)C)c1nc(-c3c(O)cccc3F)c(Cl)cc21. The van der Waals surface area contributed by atoms with Crippen LogP contribution in [0.4, 0.5) is 15.8 Å². The predicted molar refractivity (Wildman–Crippen MR) is 177 cm³/mol. The van der Waals surface area contributed by atoms with Crippen molar-refractivity contribution in [1.29, 1.82) is 0 Å². The molecule has 4 aromatic rings. The second-order valence-corrected chi connectivity index (χ2v) is 12.4. The van der Waals surface area contributed by atoms with Crippen LogP contribution in [0, 0.1) is 12.7 Å². The smallest absolute Gasteiger partial charge is 0.283 e. The lowest BCUT2D eigenvalue weighted by molar-refractivity contribution is -0.128. The number of carbonyl (C=O) groups excluding carboxylic acids is 2. The minimum atomic E-state index is -3.09. The number of fused-ring (bicyclic) bond motifs is 5. The van der Waals surface area contributed by atoms with Crippen LogP contribution in [0.5, 0.6) is 5.75 Å². The Hall–Kier alpha value is -4.77. The number of aromatic nitrogens is 3. The second-order valence-electron chi connectivity index (χ2n) is 12.0. The number of nitrogens with zero attached hydrogens (tertiary/aromatic N) is 6. The van der Waals surface area contributed by atoms with Crippen molar-refractivity contribution in [3.05, 3.63) is 81.6 Å². The molecular formula is C34H34ClFN6O4. The largest absolute Gasteiger partial charge is 0.507 e. The van der Waals surface area contributed by atoms with Gasteiger partial charge in [-0.2, -0.15) is 0 Å². The van der Waals surface area contributed by atoms with Gasteiger partial charge in [-0.3, -0.25) is 23.9 Å². The summed E-state index contributed by atoms with van der Waals surface area (Å²) in [6.07, 6.45) is 2.43. The molecule has 1 fully saturated rings. The third-order valence-electron chi connectivity index (χ3n) is 8.62. The molecule has 238 valence electrons. The zero-order valence-electron chi connectivity index (χ0n) is 28.7. The minimum absolute atomic E-state index is 0.0285. The summed E-state index contributed by atoms with van der Waals surface area (Å²) in [4.78, 5) is 55.1. The van der Waals surface area contributed by atoms with Gasteiger partial charge in [-0.05, 0) is 55.7 Å². The standard InChI is InChI=1S/C34H34ClFN6O4/c1-7-25(44)40-15-19(5)41-20(16-40)13-26(45)39(6)32-31(41)21-14-22(35)29(27-23(36)9-8-10-24(27)43)38-33(21)42(34(32)46)30-18(4)11-12-37-28(30)17(2)3/h7-12,14,17,19-20,43H,1,13,15-16H2,2-6H3/t19-,20+/m1/s1/i6D3. The van der Waals surface area contributed by atoms with E-state index in [2.05, 4.69) is 11.6 Å². The van der Waals surface area contributed by atoms with E-state index in [1.165, 1.54) is 33.7 Å². The lowest BCUT2D eigenvalue weighted by Gasteiger charge is -2.46. The second kappa shape index (κ2) is 11.5. The molecule has 1 N–H and O–H groups in total. The van der Waals surface area contributed by atoms with E-state index in [0.717, 1.165) is 6.07 Å². The Morgan fingerprint density at radius 3 is 2.65 bits per heavy atom. The van der Waals surface area contributed by atoms with Crippen molar-refractivity contribution in [1.82, 2.24) is 19.4 Å². The molecule has 2 aliphatic rings. The average molecular weight is 648 g/mol. The van der Waals surface area contributed by atoms with Crippen LogP contribution in [0.15, 0.2) is 54.0 Å². The summed E-state index contributed by atoms with van der Waals surface area (Å²) in [5, 5.41) is 10.8. The highest BCUT2D eigenvalue weighted by Gasteiger charge is 2.42. The Labute approximate surface area is 274 Å². The number of hydrogen-bond donors (Lipinski definition) is 1. The van der Waals surface area contributed by atoms with Crippen LogP contribution >= 0.6 is 11.6 Å². The summed E-state index contributed by atoms with van der Waals surface area (Å²) in [5.74, 6) is -2.67. The maximum atomic E-state index is 15.3. The molecule has 0 saturated carbocycles. The molecule has 2 aliphatic heterocycles. The molecule has 0 aliphatic carbocycles. The van der Waals surface area contributed by atoms with E-state index in [4.69, 9.17) is 20.7 Å². The highest BCUT2D eigenvalue weighted by atomic mass is 35.5. The van der Waals surface area contributed by atoms with Gasteiger partial charge >= 0.3 is 0 Å². The molecule has 5 heterocycles. The van der Waals surface area contributed by atoms with E-state index in [1.807, 2.05) is 13.8 Å². The number of benzene rings is 1. The van der Waals surface area contributed by atoms with Crippen molar-refractivity contribution < 1.29 is 23.2 Å². The van der Waals surface area contributed by atoms with Gasteiger partial charge in [-0.15, -0.1) is 0 Å². The molecule has 12 heteroatoms. The summed E-state index contributed by atoms with van der Waals surface area (Å²) >= 11 is 6.85. The molecule has 2 amide bonds. The normalized spacial score (nSPS) is 19.3. The number of pyridine rings is 3. The van der Waals surface area contributed by atoms with E-state index in [1.54, 1.807) is 31.0 Å². The van der Waals surface area contributed by atoms with Gasteiger partial charge in [-0.1, -0.05) is 38.1 Å². The van der Waals surface area contributed by atoms with Crippen molar-refractivity contribution in [3.8, 4) is 22.7 Å². The first-order valence-electron chi connectivity index (χ1n) is 16.3. The van der Waals surface area contributed by atoms with Crippen molar-refractivity contribution >= 4 is 45.8 Å². The molecule has 3 aromatic heterocycles. The van der Waals surface area contributed by atoms with Gasteiger partial charge in [0.25, 0.3) is 5.56 Å². The van der Waals surface area contributed by atoms with Crippen LogP contribution in [0.3, 0.4) is 0 Å². The maximum absolute atomic E-state index is 15.3. The zero-order chi connectivity index (χ0) is 35.7. The Balaban J connectivity index is 1.84. The summed E-state index contributed by atoms with van der Waals surface area (Å²) in [6, 6.07) is 5.60. The molecule has 0 spiro atoms. The van der Waals surface area contributed by atoms with Gasteiger partial charge < -0.3 is 19.8 Å². The van der Waals surface area contributed by atoms with Gasteiger partial charge in [0, 0.05) is 48.2 Å². The molecule has 1 aromatic carbocycles. The van der Waals surface area contributed by atoms with Crippen LogP contribution < -0.4 is 15.4 Å². The van der Waals surface area contributed by atoms with Gasteiger partial charge in [-0.25, -0.2) is 9.37 Å². The highest BCUT2D eigenvalue weighted by molar-refractivity contribution is 6.34. The summed E-state index contributed by atoms with van der Waals surface area (Å²) in [5.41, 5.74) is -0.287. The van der Waals surface area contributed by atoms with Crippen LogP contribution in [-0.4, -0.2) is 68.5 Å². The van der Waals surface area contributed by atoms with Crippen molar-refractivity contribution in [3.63, 3.8) is 0 Å². The first-order valence-corrected chi connectivity index (χ1v) is 15.2. The fourth-order valence-electron chi connectivity index (χ4n) is 6.61. The van der Waals surface area contributed by atoms with Crippen LogP contribution in [0.25, 0.3) is 28.0 Å². The van der Waals surface area contributed by atoms with E-state index in [-0.39, 0.29) is 64.3 Å². The van der Waals surface area contributed by atoms with Crippen molar-refractivity contribution in [2.45, 2.75) is 52.1 Å². The minimum Gasteiger partial charge on any atom is -0.507 e. The third-order valence-corrected chi connectivity index (χ3v) is 8.91. The molecule has 10 nitrogen and oxygen atoms in total.